The molecule has 0 N–H and O–H groups in total. The van der Waals surface area contributed by atoms with E-state index in [1.165, 1.54) is 6.20 Å². The third-order valence-electron chi connectivity index (χ3n) is 3.73. The second-order valence-corrected chi connectivity index (χ2v) is 5.28. The number of hydrogen-bond acceptors (Lipinski definition) is 5. The van der Waals surface area contributed by atoms with Gasteiger partial charge >= 0.3 is 6.18 Å². The Morgan fingerprint density at radius 3 is 2.30 bits per heavy atom. The summed E-state index contributed by atoms with van der Waals surface area (Å²) in [6.45, 7) is 2.63. The Kier molecular flexibility index (Phi) is 4.31. The first-order valence-corrected chi connectivity index (χ1v) is 7.34. The zero-order valence-electron chi connectivity index (χ0n) is 12.4. The van der Waals surface area contributed by atoms with Crippen molar-refractivity contribution in [2.45, 2.75) is 12.6 Å². The van der Waals surface area contributed by atoms with Crippen molar-refractivity contribution in [1.29, 1.82) is 0 Å². The van der Waals surface area contributed by atoms with Crippen LogP contribution >= 0.6 is 0 Å². The molecule has 1 saturated heterocycles. The van der Waals surface area contributed by atoms with Gasteiger partial charge in [-0.25, -0.2) is 15.0 Å². The molecule has 1 aliphatic heterocycles. The van der Waals surface area contributed by atoms with Gasteiger partial charge in [-0.3, -0.25) is 0 Å². The van der Waals surface area contributed by atoms with Gasteiger partial charge in [0.25, 0.3) is 0 Å². The van der Waals surface area contributed by atoms with Crippen LogP contribution in [0.1, 0.15) is 12.0 Å². The Labute approximate surface area is 131 Å². The summed E-state index contributed by atoms with van der Waals surface area (Å²) in [5.41, 5.74) is -0.671. The van der Waals surface area contributed by atoms with Gasteiger partial charge in [0.1, 0.15) is 5.82 Å². The van der Waals surface area contributed by atoms with Gasteiger partial charge in [0.05, 0.1) is 5.56 Å². The highest BCUT2D eigenvalue weighted by Gasteiger charge is 2.31. The first kappa shape index (κ1) is 15.5. The molecule has 0 amide bonds. The molecule has 0 unspecified atom stereocenters. The van der Waals surface area contributed by atoms with Crippen LogP contribution in [0.15, 0.2) is 36.8 Å². The first-order chi connectivity index (χ1) is 11.0. The molecule has 0 spiro atoms. The van der Waals surface area contributed by atoms with E-state index >= 15 is 0 Å². The summed E-state index contributed by atoms with van der Waals surface area (Å²) in [5, 5.41) is 0. The average molecular weight is 323 g/mol. The van der Waals surface area contributed by atoms with Crippen molar-refractivity contribution in [2.75, 3.05) is 36.0 Å². The molecule has 0 saturated carbocycles. The van der Waals surface area contributed by atoms with Gasteiger partial charge in [0.2, 0.25) is 5.95 Å². The molecule has 1 aliphatic rings. The van der Waals surface area contributed by atoms with Crippen LogP contribution in [0, 0.1) is 0 Å². The fourth-order valence-corrected chi connectivity index (χ4v) is 2.57. The van der Waals surface area contributed by atoms with E-state index in [4.69, 9.17) is 0 Å². The molecule has 23 heavy (non-hydrogen) atoms. The molecule has 0 atom stereocenters. The molecule has 8 heteroatoms. The van der Waals surface area contributed by atoms with E-state index in [2.05, 4.69) is 15.0 Å². The summed E-state index contributed by atoms with van der Waals surface area (Å²) in [7, 11) is 0. The minimum atomic E-state index is -4.35. The molecular weight excluding hydrogens is 307 g/mol. The van der Waals surface area contributed by atoms with E-state index in [0.29, 0.717) is 31.4 Å². The third-order valence-corrected chi connectivity index (χ3v) is 3.73. The number of rotatable bonds is 2. The number of halogens is 3. The highest BCUT2D eigenvalue weighted by molar-refractivity contribution is 5.43. The van der Waals surface area contributed by atoms with Crippen LogP contribution in [-0.2, 0) is 6.18 Å². The average Bonchev–Trinajstić information content (AvgIpc) is 2.81. The summed E-state index contributed by atoms with van der Waals surface area (Å²) in [5.74, 6) is 1.00. The van der Waals surface area contributed by atoms with Gasteiger partial charge in [-0.05, 0) is 24.6 Å². The molecule has 2 aromatic rings. The highest BCUT2D eigenvalue weighted by Crippen LogP contribution is 2.30. The van der Waals surface area contributed by atoms with Crippen LogP contribution in [0.2, 0.25) is 0 Å². The molecule has 0 bridgehead atoms. The highest BCUT2D eigenvalue weighted by atomic mass is 19.4. The Morgan fingerprint density at radius 2 is 1.57 bits per heavy atom. The quantitative estimate of drug-likeness (QED) is 0.850. The van der Waals surface area contributed by atoms with Crippen LogP contribution in [0.25, 0.3) is 0 Å². The second kappa shape index (κ2) is 6.39. The van der Waals surface area contributed by atoms with E-state index < -0.39 is 11.7 Å². The predicted molar refractivity (Wildman–Crippen MR) is 80.3 cm³/mol. The monoisotopic (exact) mass is 323 g/mol. The molecule has 0 aromatic carbocycles. The Morgan fingerprint density at radius 1 is 0.870 bits per heavy atom. The van der Waals surface area contributed by atoms with E-state index in [0.717, 1.165) is 25.1 Å². The van der Waals surface area contributed by atoms with Gasteiger partial charge in [-0.2, -0.15) is 13.2 Å². The van der Waals surface area contributed by atoms with E-state index in [-0.39, 0.29) is 0 Å². The maximum absolute atomic E-state index is 12.8. The van der Waals surface area contributed by atoms with Crippen molar-refractivity contribution in [3.05, 3.63) is 42.4 Å². The smallest absolute Gasteiger partial charge is 0.355 e. The molecule has 3 heterocycles. The maximum atomic E-state index is 12.8. The number of alkyl halides is 3. The molecular formula is C15H16F3N5. The summed E-state index contributed by atoms with van der Waals surface area (Å²) >= 11 is 0. The molecule has 1 fully saturated rings. The van der Waals surface area contributed by atoms with Crippen LogP contribution in [0.4, 0.5) is 24.9 Å². The minimum absolute atomic E-state index is 0.357. The van der Waals surface area contributed by atoms with Crippen LogP contribution < -0.4 is 9.80 Å². The summed E-state index contributed by atoms with van der Waals surface area (Å²) in [6, 6.07) is 3.85. The van der Waals surface area contributed by atoms with Gasteiger partial charge in [0.15, 0.2) is 0 Å². The zero-order valence-corrected chi connectivity index (χ0v) is 12.4. The lowest BCUT2D eigenvalue weighted by Crippen LogP contribution is -2.32. The number of aromatic nitrogens is 3. The fraction of sp³-hybridized carbons (Fsp3) is 0.400. The molecule has 0 aliphatic carbocycles. The molecule has 2 aromatic heterocycles. The number of hydrogen-bond donors (Lipinski definition) is 0. The second-order valence-electron chi connectivity index (χ2n) is 5.28. The van der Waals surface area contributed by atoms with Crippen molar-refractivity contribution in [3.8, 4) is 0 Å². The van der Waals surface area contributed by atoms with Gasteiger partial charge < -0.3 is 9.80 Å². The summed E-state index contributed by atoms with van der Waals surface area (Å²) in [4.78, 5) is 16.4. The van der Waals surface area contributed by atoms with Gasteiger partial charge in [-0.1, -0.05) is 0 Å². The van der Waals surface area contributed by atoms with Crippen LogP contribution in [0.3, 0.4) is 0 Å². The third kappa shape index (κ3) is 3.69. The lowest BCUT2D eigenvalue weighted by Gasteiger charge is -2.23. The largest absolute Gasteiger partial charge is 0.416 e. The fourth-order valence-electron chi connectivity index (χ4n) is 2.57. The normalized spacial score (nSPS) is 16.3. The summed E-state index contributed by atoms with van der Waals surface area (Å²) in [6.07, 6.45) is 1.02. The molecule has 122 valence electrons. The van der Waals surface area contributed by atoms with Crippen LogP contribution in [-0.4, -0.2) is 41.1 Å². The van der Waals surface area contributed by atoms with E-state index in [9.17, 15) is 13.2 Å². The predicted octanol–water partition coefficient (Wildman–Crippen LogP) is 2.61. The Bertz CT molecular complexity index is 647. The summed E-state index contributed by atoms with van der Waals surface area (Å²) < 4.78 is 38.5. The van der Waals surface area contributed by atoms with Gasteiger partial charge in [-0.15, -0.1) is 0 Å². The zero-order chi connectivity index (χ0) is 16.3. The van der Waals surface area contributed by atoms with Crippen molar-refractivity contribution >= 4 is 11.8 Å². The SMILES string of the molecule is FC(F)(F)c1ccnc(N2CCCN(c3ncccn3)CC2)c1. The van der Waals surface area contributed by atoms with Gasteiger partial charge in [0, 0.05) is 44.8 Å². The molecule has 5 nitrogen and oxygen atoms in total. The first-order valence-electron chi connectivity index (χ1n) is 7.34. The topological polar surface area (TPSA) is 45.2 Å². The Hall–Kier alpha value is -2.38. The van der Waals surface area contributed by atoms with Crippen molar-refractivity contribution in [2.24, 2.45) is 0 Å². The number of nitrogens with zero attached hydrogens (tertiary/aromatic N) is 5. The number of pyridine rings is 1. The molecule has 3 rings (SSSR count). The number of anilines is 2. The van der Waals surface area contributed by atoms with E-state index in [1.54, 1.807) is 18.5 Å². The van der Waals surface area contributed by atoms with E-state index in [1.807, 2.05) is 9.80 Å². The lowest BCUT2D eigenvalue weighted by molar-refractivity contribution is -0.137. The van der Waals surface area contributed by atoms with Crippen molar-refractivity contribution in [1.82, 2.24) is 15.0 Å². The van der Waals surface area contributed by atoms with Crippen molar-refractivity contribution < 1.29 is 13.2 Å². The Balaban J connectivity index is 1.73. The maximum Gasteiger partial charge on any atom is 0.416 e. The standard InChI is InChI=1S/C15H16F3N5/c16-15(17,18)12-3-6-19-13(11-12)22-7-2-8-23(10-9-22)14-20-4-1-5-21-14/h1,3-6,11H,2,7-10H2. The van der Waals surface area contributed by atoms with Crippen LogP contribution in [0.5, 0.6) is 0 Å². The van der Waals surface area contributed by atoms with Crippen molar-refractivity contribution in [3.63, 3.8) is 0 Å². The lowest BCUT2D eigenvalue weighted by atomic mass is 10.2. The molecule has 0 radical (unpaired) electrons. The minimum Gasteiger partial charge on any atom is -0.355 e.